The topological polar surface area (TPSA) is 58.6 Å². The van der Waals surface area contributed by atoms with Crippen LogP contribution in [0.5, 0.6) is 5.75 Å². The molecule has 30 heavy (non-hydrogen) atoms. The van der Waals surface area contributed by atoms with Crippen molar-refractivity contribution >= 4 is 34.4 Å². The summed E-state index contributed by atoms with van der Waals surface area (Å²) in [5.74, 6) is 0.335. The summed E-state index contributed by atoms with van der Waals surface area (Å²) in [5, 5.41) is 3.11. The zero-order valence-corrected chi connectivity index (χ0v) is 19.7. The molecule has 0 spiro atoms. The van der Waals surface area contributed by atoms with Crippen molar-refractivity contribution in [2.45, 2.75) is 58.2 Å². The van der Waals surface area contributed by atoms with E-state index in [2.05, 4.69) is 27.9 Å². The van der Waals surface area contributed by atoms with Gasteiger partial charge in [-0.2, -0.15) is 0 Å². The molecular formula is C24H29IN2O3. The normalized spacial score (nSPS) is 14.9. The van der Waals surface area contributed by atoms with Crippen LogP contribution in [-0.2, 0) is 16.1 Å². The Hall–Kier alpha value is -2.09. The summed E-state index contributed by atoms with van der Waals surface area (Å²) >= 11 is 2.22. The molecular weight excluding hydrogens is 491 g/mol. The van der Waals surface area contributed by atoms with Crippen molar-refractivity contribution in [1.29, 1.82) is 0 Å². The summed E-state index contributed by atoms with van der Waals surface area (Å²) in [6.07, 6.45) is 4.32. The number of benzene rings is 2. The lowest BCUT2D eigenvalue weighted by molar-refractivity contribution is -0.142. The second-order valence-corrected chi connectivity index (χ2v) is 9.16. The van der Waals surface area contributed by atoms with Gasteiger partial charge in [-0.25, -0.2) is 0 Å². The maximum atomic E-state index is 13.1. The Morgan fingerprint density at radius 3 is 2.37 bits per heavy atom. The minimum Gasteiger partial charge on any atom is -0.484 e. The summed E-state index contributed by atoms with van der Waals surface area (Å²) in [5.41, 5.74) is 2.15. The molecule has 1 N–H and O–H groups in total. The van der Waals surface area contributed by atoms with Gasteiger partial charge in [-0.1, -0.05) is 42.7 Å². The molecule has 1 saturated carbocycles. The predicted octanol–water partition coefficient (Wildman–Crippen LogP) is 4.45. The Morgan fingerprint density at radius 2 is 1.73 bits per heavy atom. The summed E-state index contributed by atoms with van der Waals surface area (Å²) in [6.45, 7) is 4.09. The number of hydrogen-bond acceptors (Lipinski definition) is 3. The molecule has 6 heteroatoms. The van der Waals surface area contributed by atoms with Gasteiger partial charge in [0.15, 0.2) is 6.61 Å². The number of carbonyl (C=O) groups is 2. The standard InChI is InChI=1S/C24H29IN2O3/c1-17-7-9-19(10-8-17)15-27(18(2)24(29)26-21-5-3-4-6-21)23(28)16-30-22-13-11-20(25)12-14-22/h7-14,18,21H,3-6,15-16H2,1-2H3,(H,26,29). The van der Waals surface area contributed by atoms with Gasteiger partial charge in [-0.05, 0) is 79.1 Å². The highest BCUT2D eigenvalue weighted by atomic mass is 127. The van der Waals surface area contributed by atoms with Gasteiger partial charge in [-0.3, -0.25) is 9.59 Å². The maximum absolute atomic E-state index is 13.1. The lowest BCUT2D eigenvalue weighted by Crippen LogP contribution is -2.50. The van der Waals surface area contributed by atoms with Crippen molar-refractivity contribution in [1.82, 2.24) is 10.2 Å². The zero-order valence-electron chi connectivity index (χ0n) is 17.6. The molecule has 2 aromatic carbocycles. The van der Waals surface area contributed by atoms with Crippen LogP contribution in [0.4, 0.5) is 0 Å². The number of nitrogens with one attached hydrogen (secondary N) is 1. The van der Waals surface area contributed by atoms with Crippen LogP contribution in [0, 0.1) is 10.5 Å². The third-order valence-electron chi connectivity index (χ3n) is 5.52. The number of ether oxygens (including phenoxy) is 1. The van der Waals surface area contributed by atoms with Crippen LogP contribution in [0.25, 0.3) is 0 Å². The van der Waals surface area contributed by atoms with Crippen molar-refractivity contribution in [2.75, 3.05) is 6.61 Å². The van der Waals surface area contributed by atoms with E-state index in [-0.39, 0.29) is 24.5 Å². The van der Waals surface area contributed by atoms with Crippen molar-refractivity contribution in [3.05, 3.63) is 63.2 Å². The molecule has 3 rings (SSSR count). The van der Waals surface area contributed by atoms with Crippen LogP contribution >= 0.6 is 22.6 Å². The molecule has 2 amide bonds. The lowest BCUT2D eigenvalue weighted by atomic mass is 10.1. The van der Waals surface area contributed by atoms with Gasteiger partial charge in [0.05, 0.1) is 0 Å². The number of halogens is 1. The third-order valence-corrected chi connectivity index (χ3v) is 6.24. The summed E-state index contributed by atoms with van der Waals surface area (Å²) in [6, 6.07) is 15.2. The molecule has 0 heterocycles. The van der Waals surface area contributed by atoms with E-state index < -0.39 is 6.04 Å². The quantitative estimate of drug-likeness (QED) is 0.524. The average Bonchev–Trinajstić information content (AvgIpc) is 3.25. The van der Waals surface area contributed by atoms with Crippen molar-refractivity contribution < 1.29 is 14.3 Å². The minimum atomic E-state index is -0.570. The van der Waals surface area contributed by atoms with E-state index in [0.717, 1.165) is 40.4 Å². The van der Waals surface area contributed by atoms with Crippen LogP contribution in [-0.4, -0.2) is 35.4 Å². The number of nitrogens with zero attached hydrogens (tertiary/aromatic N) is 1. The van der Waals surface area contributed by atoms with E-state index in [1.165, 1.54) is 0 Å². The maximum Gasteiger partial charge on any atom is 0.261 e. The number of aryl methyl sites for hydroxylation is 1. The van der Waals surface area contributed by atoms with Crippen LogP contribution in [0.3, 0.4) is 0 Å². The SMILES string of the molecule is Cc1ccc(CN(C(=O)COc2ccc(I)cc2)C(C)C(=O)NC2CCCC2)cc1. The second kappa shape index (κ2) is 10.8. The molecule has 0 radical (unpaired) electrons. The first-order chi connectivity index (χ1) is 14.4. The number of rotatable bonds is 8. The highest BCUT2D eigenvalue weighted by Gasteiger charge is 2.28. The number of hydrogen-bond donors (Lipinski definition) is 1. The Kier molecular flexibility index (Phi) is 8.13. The van der Waals surface area contributed by atoms with E-state index in [4.69, 9.17) is 4.74 Å². The molecule has 1 aliphatic carbocycles. The summed E-state index contributed by atoms with van der Waals surface area (Å²) in [7, 11) is 0. The number of amides is 2. The molecule has 0 aromatic heterocycles. The zero-order chi connectivity index (χ0) is 21.5. The van der Waals surface area contributed by atoms with Crippen molar-refractivity contribution in [3.8, 4) is 5.75 Å². The summed E-state index contributed by atoms with van der Waals surface area (Å²) in [4.78, 5) is 27.5. The van der Waals surface area contributed by atoms with Gasteiger partial charge >= 0.3 is 0 Å². The Bertz CT molecular complexity index is 846. The van der Waals surface area contributed by atoms with Gasteiger partial charge in [0.1, 0.15) is 11.8 Å². The highest BCUT2D eigenvalue weighted by molar-refractivity contribution is 14.1. The smallest absolute Gasteiger partial charge is 0.261 e. The van der Waals surface area contributed by atoms with Gasteiger partial charge in [0.25, 0.3) is 5.91 Å². The highest BCUT2D eigenvalue weighted by Crippen LogP contribution is 2.19. The Balaban J connectivity index is 1.69. The largest absolute Gasteiger partial charge is 0.484 e. The van der Waals surface area contributed by atoms with E-state index in [1.807, 2.05) is 55.5 Å². The lowest BCUT2D eigenvalue weighted by Gasteiger charge is -2.29. The van der Waals surface area contributed by atoms with Crippen LogP contribution in [0.15, 0.2) is 48.5 Å². The minimum absolute atomic E-state index is 0.100. The van der Waals surface area contributed by atoms with E-state index in [0.29, 0.717) is 12.3 Å². The summed E-state index contributed by atoms with van der Waals surface area (Å²) < 4.78 is 6.80. The second-order valence-electron chi connectivity index (χ2n) is 7.92. The van der Waals surface area contributed by atoms with Gasteiger partial charge in [0.2, 0.25) is 5.91 Å². The predicted molar refractivity (Wildman–Crippen MR) is 126 cm³/mol. The fourth-order valence-electron chi connectivity index (χ4n) is 3.62. The van der Waals surface area contributed by atoms with Crippen molar-refractivity contribution in [2.24, 2.45) is 0 Å². The van der Waals surface area contributed by atoms with Crippen LogP contribution in [0.2, 0.25) is 0 Å². The molecule has 1 atom stereocenters. The molecule has 0 saturated heterocycles. The van der Waals surface area contributed by atoms with E-state index in [1.54, 1.807) is 11.8 Å². The van der Waals surface area contributed by atoms with Crippen LogP contribution < -0.4 is 10.1 Å². The van der Waals surface area contributed by atoms with E-state index in [9.17, 15) is 9.59 Å². The Labute approximate surface area is 192 Å². The monoisotopic (exact) mass is 520 g/mol. The third kappa shape index (κ3) is 6.45. The first-order valence-corrected chi connectivity index (χ1v) is 11.5. The van der Waals surface area contributed by atoms with Gasteiger partial charge in [0, 0.05) is 16.2 Å². The molecule has 0 bridgehead atoms. The molecule has 1 fully saturated rings. The first kappa shape index (κ1) is 22.6. The van der Waals surface area contributed by atoms with Gasteiger partial charge in [-0.15, -0.1) is 0 Å². The first-order valence-electron chi connectivity index (χ1n) is 10.5. The fraction of sp³-hybridized carbons (Fsp3) is 0.417. The van der Waals surface area contributed by atoms with Crippen molar-refractivity contribution in [3.63, 3.8) is 0 Å². The van der Waals surface area contributed by atoms with E-state index >= 15 is 0 Å². The molecule has 5 nitrogen and oxygen atoms in total. The molecule has 1 unspecified atom stereocenters. The molecule has 1 aliphatic rings. The van der Waals surface area contributed by atoms with Gasteiger partial charge < -0.3 is 15.0 Å². The molecule has 2 aromatic rings. The fourth-order valence-corrected chi connectivity index (χ4v) is 3.98. The molecule has 0 aliphatic heterocycles. The Morgan fingerprint density at radius 1 is 1.10 bits per heavy atom. The molecule has 160 valence electrons. The average molecular weight is 520 g/mol. The van der Waals surface area contributed by atoms with Crippen LogP contribution in [0.1, 0.15) is 43.7 Å². The number of carbonyl (C=O) groups excluding carboxylic acids is 2.